The molecule has 244 valence electrons. The molecular weight excluding hydrogens is 648 g/mol. The topological polar surface area (TPSA) is 144 Å². The van der Waals surface area contributed by atoms with Crippen LogP contribution < -0.4 is 4.74 Å². The normalized spacial score (nSPS) is 16.7. The van der Waals surface area contributed by atoms with Crippen LogP contribution in [0, 0.1) is 5.82 Å². The third-order valence-electron chi connectivity index (χ3n) is 8.10. The van der Waals surface area contributed by atoms with Gasteiger partial charge in [-0.05, 0) is 42.7 Å². The number of carboxylic acid groups (broad SMARTS) is 1. The average Bonchev–Trinajstić information content (AvgIpc) is 3.62. The molecule has 0 spiro atoms. The van der Waals surface area contributed by atoms with Gasteiger partial charge in [0.15, 0.2) is 5.82 Å². The zero-order valence-electron chi connectivity index (χ0n) is 24.4. The zero-order valence-corrected chi connectivity index (χ0v) is 25.1. The van der Waals surface area contributed by atoms with Gasteiger partial charge in [-0.1, -0.05) is 17.7 Å². The highest BCUT2D eigenvalue weighted by Gasteiger charge is 2.37. The summed E-state index contributed by atoms with van der Waals surface area (Å²) in [6, 6.07) is 6.58. The molecule has 2 aliphatic rings. The van der Waals surface area contributed by atoms with Crippen LogP contribution in [0.4, 0.5) is 17.6 Å². The fraction of sp³-hybridized carbons (Fsp3) is 0.333. The quantitative estimate of drug-likeness (QED) is 0.204. The summed E-state index contributed by atoms with van der Waals surface area (Å²) in [7, 11) is 0. The van der Waals surface area contributed by atoms with Crippen molar-refractivity contribution in [1.82, 2.24) is 39.6 Å². The molecule has 6 heterocycles. The van der Waals surface area contributed by atoms with E-state index in [1.54, 1.807) is 12.3 Å². The molecule has 2 N–H and O–H groups in total. The molecule has 5 aromatic rings. The standard InChI is InChI=1S/C30H25ClF4N8O4/c31-17-2-1-16(20(32)8-17)14-47-28-19(30(33,34)35)7-15-3-5-42(12-23(15)38-28)13-25-37-21-9-22(26-39-27(29(44)45)41-40-26)36-10-24(21)43(25)11-18-4-6-46-18/h1-2,7-10,18H,3-6,11-14H2,(H,44,45)(H,39,40,41). The summed E-state index contributed by atoms with van der Waals surface area (Å²) in [6.45, 7) is 1.74. The zero-order chi connectivity index (χ0) is 32.9. The van der Waals surface area contributed by atoms with Crippen molar-refractivity contribution in [3.8, 4) is 17.4 Å². The van der Waals surface area contributed by atoms with E-state index in [4.69, 9.17) is 26.1 Å². The number of rotatable bonds is 9. The van der Waals surface area contributed by atoms with Gasteiger partial charge in [-0.25, -0.2) is 19.2 Å². The molecule has 0 radical (unpaired) electrons. The minimum absolute atomic E-state index is 0.00653. The van der Waals surface area contributed by atoms with Crippen molar-refractivity contribution in [2.24, 2.45) is 0 Å². The van der Waals surface area contributed by atoms with Crippen molar-refractivity contribution < 1.29 is 36.9 Å². The number of benzene rings is 1. The van der Waals surface area contributed by atoms with Crippen LogP contribution in [0.15, 0.2) is 36.5 Å². The minimum Gasteiger partial charge on any atom is -0.475 e. The second-order valence-corrected chi connectivity index (χ2v) is 11.7. The molecule has 4 aromatic heterocycles. The first-order chi connectivity index (χ1) is 22.5. The van der Waals surface area contributed by atoms with E-state index in [0.717, 1.165) is 24.1 Å². The Bertz CT molecular complexity index is 1990. The van der Waals surface area contributed by atoms with Crippen molar-refractivity contribution in [3.63, 3.8) is 0 Å². The molecule has 1 unspecified atom stereocenters. The predicted octanol–water partition coefficient (Wildman–Crippen LogP) is 5.05. The van der Waals surface area contributed by atoms with E-state index >= 15 is 0 Å². The van der Waals surface area contributed by atoms with Crippen molar-refractivity contribution in [2.75, 3.05) is 13.2 Å². The lowest BCUT2D eigenvalue weighted by atomic mass is 10.0. The molecule has 0 aliphatic carbocycles. The molecule has 0 amide bonds. The van der Waals surface area contributed by atoms with Crippen LogP contribution in [0.5, 0.6) is 5.88 Å². The van der Waals surface area contributed by atoms with E-state index in [1.807, 2.05) is 9.47 Å². The van der Waals surface area contributed by atoms with Gasteiger partial charge in [0, 0.05) is 30.3 Å². The van der Waals surface area contributed by atoms with Gasteiger partial charge in [0.05, 0.1) is 42.1 Å². The monoisotopic (exact) mass is 672 g/mol. The maximum Gasteiger partial charge on any atom is 0.421 e. The first kappa shape index (κ1) is 31.0. The van der Waals surface area contributed by atoms with Gasteiger partial charge in [-0.15, -0.1) is 10.2 Å². The third-order valence-corrected chi connectivity index (χ3v) is 8.34. The van der Waals surface area contributed by atoms with Gasteiger partial charge in [0.25, 0.3) is 0 Å². The third kappa shape index (κ3) is 6.35. The van der Waals surface area contributed by atoms with E-state index in [0.29, 0.717) is 61.0 Å². The first-order valence-electron chi connectivity index (χ1n) is 14.5. The second-order valence-electron chi connectivity index (χ2n) is 11.2. The number of fused-ring (bicyclic) bond motifs is 2. The Balaban J connectivity index is 1.16. The van der Waals surface area contributed by atoms with Crippen LogP contribution in [0.1, 0.15) is 45.2 Å². The highest BCUT2D eigenvalue weighted by atomic mass is 35.5. The summed E-state index contributed by atoms with van der Waals surface area (Å²) in [5, 5.41) is 16.8. The molecule has 1 fully saturated rings. The summed E-state index contributed by atoms with van der Waals surface area (Å²) >= 11 is 5.79. The average molecular weight is 673 g/mol. The molecule has 1 atom stereocenters. The van der Waals surface area contributed by atoms with Crippen molar-refractivity contribution in [1.29, 1.82) is 0 Å². The lowest BCUT2D eigenvalue weighted by molar-refractivity contribution is -0.139. The Labute approximate surface area is 268 Å². The minimum atomic E-state index is -4.73. The summed E-state index contributed by atoms with van der Waals surface area (Å²) in [5.74, 6) is -2.03. The van der Waals surface area contributed by atoms with Crippen LogP contribution in [0.25, 0.3) is 22.6 Å². The van der Waals surface area contributed by atoms with E-state index < -0.39 is 36.0 Å². The van der Waals surface area contributed by atoms with Crippen molar-refractivity contribution >= 4 is 28.6 Å². The number of aromatic amines is 1. The Morgan fingerprint density at radius 3 is 2.72 bits per heavy atom. The number of ether oxygens (including phenoxy) is 2. The van der Waals surface area contributed by atoms with Crippen molar-refractivity contribution in [3.05, 3.63) is 81.4 Å². The second kappa shape index (κ2) is 12.2. The Morgan fingerprint density at radius 1 is 1.19 bits per heavy atom. The smallest absolute Gasteiger partial charge is 0.421 e. The number of aromatic carboxylic acids is 1. The molecule has 7 rings (SSSR count). The number of nitrogens with one attached hydrogen (secondary N) is 1. The first-order valence-corrected chi connectivity index (χ1v) is 14.9. The van der Waals surface area contributed by atoms with Gasteiger partial charge in [0.2, 0.25) is 11.7 Å². The largest absolute Gasteiger partial charge is 0.475 e. The summed E-state index contributed by atoms with van der Waals surface area (Å²) < 4.78 is 69.5. The lowest BCUT2D eigenvalue weighted by Crippen LogP contribution is -2.34. The number of H-pyrrole nitrogens is 1. The number of carboxylic acids is 1. The van der Waals surface area contributed by atoms with E-state index in [-0.39, 0.29) is 34.9 Å². The molecule has 17 heteroatoms. The number of aromatic nitrogens is 7. The highest BCUT2D eigenvalue weighted by Crippen LogP contribution is 2.38. The number of hydrogen-bond acceptors (Lipinski definition) is 9. The fourth-order valence-electron chi connectivity index (χ4n) is 5.56. The van der Waals surface area contributed by atoms with Gasteiger partial charge >= 0.3 is 12.1 Å². The van der Waals surface area contributed by atoms with E-state index in [2.05, 4.69) is 25.1 Å². The molecule has 0 bridgehead atoms. The predicted molar refractivity (Wildman–Crippen MR) is 157 cm³/mol. The molecule has 47 heavy (non-hydrogen) atoms. The molecular formula is C30H25ClF4N8O4. The summed E-state index contributed by atoms with van der Waals surface area (Å²) in [4.78, 5) is 29.5. The highest BCUT2D eigenvalue weighted by molar-refractivity contribution is 6.30. The number of imidazole rings is 1. The molecule has 12 nitrogen and oxygen atoms in total. The van der Waals surface area contributed by atoms with Gasteiger partial charge < -0.3 is 24.1 Å². The van der Waals surface area contributed by atoms with E-state index in [9.17, 15) is 27.5 Å². The lowest BCUT2D eigenvalue weighted by Gasteiger charge is -2.30. The number of alkyl halides is 3. The van der Waals surface area contributed by atoms with Crippen LogP contribution in [-0.4, -0.2) is 69.9 Å². The number of halogens is 5. The Kier molecular flexibility index (Phi) is 8.01. The van der Waals surface area contributed by atoms with E-state index in [1.165, 1.54) is 12.1 Å². The maximum atomic E-state index is 14.3. The molecule has 2 aliphatic heterocycles. The number of hydrogen-bond donors (Lipinski definition) is 2. The molecule has 0 saturated carbocycles. The Hall–Kier alpha value is -4.67. The number of nitrogens with zero attached hydrogens (tertiary/aromatic N) is 7. The maximum absolute atomic E-state index is 14.3. The molecule has 1 saturated heterocycles. The van der Waals surface area contributed by atoms with Crippen LogP contribution in [0.3, 0.4) is 0 Å². The van der Waals surface area contributed by atoms with Gasteiger partial charge in [-0.2, -0.15) is 13.2 Å². The van der Waals surface area contributed by atoms with Gasteiger partial charge in [0.1, 0.15) is 29.5 Å². The van der Waals surface area contributed by atoms with Crippen LogP contribution in [-0.2, 0) is 43.6 Å². The van der Waals surface area contributed by atoms with Gasteiger partial charge in [-0.3, -0.25) is 9.88 Å². The number of carbonyl (C=O) groups is 1. The summed E-state index contributed by atoms with van der Waals surface area (Å²) in [5.41, 5.74) is 1.58. The fourth-order valence-corrected chi connectivity index (χ4v) is 5.72. The van der Waals surface area contributed by atoms with Crippen LogP contribution >= 0.6 is 11.6 Å². The van der Waals surface area contributed by atoms with Crippen LogP contribution in [0.2, 0.25) is 5.02 Å². The van der Waals surface area contributed by atoms with Crippen molar-refractivity contribution in [2.45, 2.75) is 51.4 Å². The summed E-state index contributed by atoms with van der Waals surface area (Å²) in [6.07, 6.45) is -1.91. The number of pyridine rings is 2. The molecule has 1 aromatic carbocycles. The SMILES string of the molecule is O=C(O)c1nnc(-c2cc3nc(CN4CCc5cc(C(F)(F)F)c(OCc6ccc(Cl)cc6F)nc5C4)n(CC4CCO4)c3cn2)[nH]1. The Morgan fingerprint density at radius 2 is 2.02 bits per heavy atom.